The van der Waals surface area contributed by atoms with Gasteiger partial charge in [0.25, 0.3) is 0 Å². The fourth-order valence-electron chi connectivity index (χ4n) is 3.51. The summed E-state index contributed by atoms with van der Waals surface area (Å²) in [6.07, 6.45) is 0. The topological polar surface area (TPSA) is 40.0 Å². The SMILES string of the molecule is Cc1cccc(C[NH+]2CCN(C(=O)CN(C)C(=S)Nc3ccccc3F)CC2)c1. The molecule has 154 valence electrons. The van der Waals surface area contributed by atoms with Crippen molar-refractivity contribution in [2.24, 2.45) is 0 Å². The number of para-hydroxylation sites is 1. The molecule has 2 aromatic rings. The Balaban J connectivity index is 1.45. The molecule has 1 aliphatic heterocycles. The molecule has 3 rings (SSSR count). The van der Waals surface area contributed by atoms with Gasteiger partial charge in [-0.3, -0.25) is 4.79 Å². The Morgan fingerprint density at radius 1 is 1.21 bits per heavy atom. The average Bonchev–Trinajstić information content (AvgIpc) is 2.70. The molecule has 2 aromatic carbocycles. The van der Waals surface area contributed by atoms with Crippen LogP contribution in [0.15, 0.2) is 48.5 Å². The van der Waals surface area contributed by atoms with Crippen LogP contribution in [0.3, 0.4) is 0 Å². The van der Waals surface area contributed by atoms with Gasteiger partial charge in [0, 0.05) is 12.6 Å². The number of benzene rings is 2. The Labute approximate surface area is 177 Å². The lowest BCUT2D eigenvalue weighted by molar-refractivity contribution is -0.917. The van der Waals surface area contributed by atoms with Crippen LogP contribution in [0.25, 0.3) is 0 Å². The minimum absolute atomic E-state index is 0.0415. The maximum absolute atomic E-state index is 13.8. The molecule has 0 spiro atoms. The zero-order chi connectivity index (χ0) is 20.8. The smallest absolute Gasteiger partial charge is 0.242 e. The van der Waals surface area contributed by atoms with E-state index in [2.05, 4.69) is 36.5 Å². The van der Waals surface area contributed by atoms with Gasteiger partial charge >= 0.3 is 0 Å². The summed E-state index contributed by atoms with van der Waals surface area (Å²) in [7, 11) is 1.74. The van der Waals surface area contributed by atoms with E-state index in [0.29, 0.717) is 10.8 Å². The van der Waals surface area contributed by atoms with Crippen molar-refractivity contribution in [1.29, 1.82) is 0 Å². The third-order valence-electron chi connectivity index (χ3n) is 5.19. The van der Waals surface area contributed by atoms with E-state index < -0.39 is 0 Å². The first-order chi connectivity index (χ1) is 13.9. The van der Waals surface area contributed by atoms with Crippen LogP contribution in [0.2, 0.25) is 0 Å². The summed E-state index contributed by atoms with van der Waals surface area (Å²) in [4.78, 5) is 17.7. The van der Waals surface area contributed by atoms with E-state index in [1.54, 1.807) is 30.1 Å². The molecular weight excluding hydrogens is 387 g/mol. The summed E-state index contributed by atoms with van der Waals surface area (Å²) in [6.45, 7) is 6.61. The van der Waals surface area contributed by atoms with Crippen molar-refractivity contribution in [2.45, 2.75) is 13.5 Å². The van der Waals surface area contributed by atoms with Gasteiger partial charge in [-0.2, -0.15) is 0 Å². The molecule has 1 amide bonds. The quantitative estimate of drug-likeness (QED) is 0.730. The van der Waals surface area contributed by atoms with Gasteiger partial charge in [0.15, 0.2) is 5.11 Å². The second kappa shape index (κ2) is 9.80. The van der Waals surface area contributed by atoms with Gasteiger partial charge in [-0.25, -0.2) is 4.39 Å². The van der Waals surface area contributed by atoms with Gasteiger partial charge < -0.3 is 20.0 Å². The largest absolute Gasteiger partial charge is 0.343 e. The Morgan fingerprint density at radius 2 is 1.93 bits per heavy atom. The van der Waals surface area contributed by atoms with E-state index >= 15 is 0 Å². The number of carbonyl (C=O) groups excluding carboxylic acids is 1. The average molecular weight is 416 g/mol. The lowest BCUT2D eigenvalue weighted by Crippen LogP contribution is -3.13. The number of anilines is 1. The Hall–Kier alpha value is -2.51. The van der Waals surface area contributed by atoms with E-state index in [1.165, 1.54) is 22.1 Å². The molecule has 1 heterocycles. The van der Waals surface area contributed by atoms with E-state index in [1.807, 2.05) is 4.90 Å². The van der Waals surface area contributed by atoms with Crippen LogP contribution in [0.5, 0.6) is 0 Å². The van der Waals surface area contributed by atoms with Gasteiger partial charge in [0.1, 0.15) is 12.4 Å². The summed E-state index contributed by atoms with van der Waals surface area (Å²) in [6, 6.07) is 14.9. The summed E-state index contributed by atoms with van der Waals surface area (Å²) in [5.74, 6) is -0.331. The van der Waals surface area contributed by atoms with Crippen LogP contribution in [0.4, 0.5) is 10.1 Å². The highest BCUT2D eigenvalue weighted by Crippen LogP contribution is 2.13. The first kappa shape index (κ1) is 21.2. The molecule has 1 saturated heterocycles. The van der Waals surface area contributed by atoms with Crippen LogP contribution < -0.4 is 10.2 Å². The molecule has 0 atom stereocenters. The first-order valence-corrected chi connectivity index (χ1v) is 10.3. The fourth-order valence-corrected chi connectivity index (χ4v) is 3.68. The molecule has 0 bridgehead atoms. The molecule has 5 nitrogen and oxygen atoms in total. The molecule has 29 heavy (non-hydrogen) atoms. The van der Waals surface area contributed by atoms with Crippen LogP contribution >= 0.6 is 12.2 Å². The number of quaternary nitrogens is 1. The highest BCUT2D eigenvalue weighted by atomic mass is 32.1. The van der Waals surface area contributed by atoms with Gasteiger partial charge in [-0.05, 0) is 31.3 Å². The Morgan fingerprint density at radius 3 is 2.62 bits per heavy atom. The molecule has 0 aliphatic carbocycles. The number of hydrogen-bond donors (Lipinski definition) is 2. The number of thiocarbonyl (C=S) groups is 1. The zero-order valence-electron chi connectivity index (χ0n) is 17.0. The van der Waals surface area contributed by atoms with E-state index in [0.717, 1.165) is 32.7 Å². The monoisotopic (exact) mass is 415 g/mol. The van der Waals surface area contributed by atoms with E-state index in [9.17, 15) is 9.18 Å². The van der Waals surface area contributed by atoms with Crippen molar-refractivity contribution in [1.82, 2.24) is 9.80 Å². The standard InChI is InChI=1S/C22H27FN4OS/c1-17-6-5-7-18(14-17)15-26-10-12-27(13-11-26)21(28)16-25(2)22(29)24-20-9-4-3-8-19(20)23/h3-9,14H,10-13,15-16H2,1-2H3,(H,24,29)/p+1. The third kappa shape index (κ3) is 5.98. The molecule has 1 fully saturated rings. The van der Waals surface area contributed by atoms with E-state index in [4.69, 9.17) is 12.2 Å². The minimum atomic E-state index is -0.373. The molecule has 0 saturated carbocycles. The van der Waals surface area contributed by atoms with Crippen molar-refractivity contribution in [3.63, 3.8) is 0 Å². The lowest BCUT2D eigenvalue weighted by atomic mass is 10.1. The van der Waals surface area contributed by atoms with Crippen LogP contribution in [-0.2, 0) is 11.3 Å². The minimum Gasteiger partial charge on any atom is -0.343 e. The molecule has 0 radical (unpaired) electrons. The van der Waals surface area contributed by atoms with Gasteiger partial charge in [0.2, 0.25) is 5.91 Å². The highest BCUT2D eigenvalue weighted by Gasteiger charge is 2.25. The number of rotatable bonds is 5. The van der Waals surface area contributed by atoms with Crippen LogP contribution in [-0.4, -0.2) is 60.6 Å². The molecule has 0 unspecified atom stereocenters. The predicted octanol–water partition coefficient (Wildman–Crippen LogP) is 1.69. The van der Waals surface area contributed by atoms with Gasteiger partial charge in [0.05, 0.1) is 38.4 Å². The number of hydrogen-bond acceptors (Lipinski definition) is 2. The number of aryl methyl sites for hydroxylation is 1. The fraction of sp³-hybridized carbons (Fsp3) is 0.364. The van der Waals surface area contributed by atoms with Gasteiger partial charge in [-0.15, -0.1) is 0 Å². The lowest BCUT2D eigenvalue weighted by Gasteiger charge is -2.33. The highest BCUT2D eigenvalue weighted by molar-refractivity contribution is 7.80. The molecule has 0 aromatic heterocycles. The third-order valence-corrected chi connectivity index (χ3v) is 5.61. The van der Waals surface area contributed by atoms with Crippen molar-refractivity contribution in [2.75, 3.05) is 45.1 Å². The molecule has 1 aliphatic rings. The summed E-state index contributed by atoms with van der Waals surface area (Å²) >= 11 is 5.31. The molecule has 7 heteroatoms. The molecular formula is C22H28FN4OS+. The number of nitrogens with zero attached hydrogens (tertiary/aromatic N) is 2. The normalized spacial score (nSPS) is 14.5. The number of nitrogens with one attached hydrogen (secondary N) is 2. The summed E-state index contributed by atoms with van der Waals surface area (Å²) < 4.78 is 13.8. The number of halogens is 1. The zero-order valence-corrected chi connectivity index (χ0v) is 17.8. The van der Waals surface area contributed by atoms with Gasteiger partial charge in [-0.1, -0.05) is 42.0 Å². The Bertz CT molecular complexity index is 867. The Kier molecular flexibility index (Phi) is 7.17. The maximum Gasteiger partial charge on any atom is 0.242 e. The summed E-state index contributed by atoms with van der Waals surface area (Å²) in [5, 5.41) is 3.19. The second-order valence-corrected chi connectivity index (χ2v) is 7.95. The first-order valence-electron chi connectivity index (χ1n) is 9.86. The van der Waals surface area contributed by atoms with Crippen molar-refractivity contribution in [3.05, 3.63) is 65.5 Å². The number of carbonyl (C=O) groups is 1. The van der Waals surface area contributed by atoms with Crippen molar-refractivity contribution in [3.8, 4) is 0 Å². The number of piperazine rings is 1. The maximum atomic E-state index is 13.8. The molecule has 2 N–H and O–H groups in total. The number of likely N-dealkylation sites (N-methyl/N-ethyl adjacent to an activating group) is 1. The predicted molar refractivity (Wildman–Crippen MR) is 117 cm³/mol. The van der Waals surface area contributed by atoms with Crippen LogP contribution in [0, 0.1) is 12.7 Å². The van der Waals surface area contributed by atoms with Crippen molar-refractivity contribution >= 4 is 28.9 Å². The second-order valence-electron chi connectivity index (χ2n) is 7.56. The van der Waals surface area contributed by atoms with Crippen LogP contribution in [0.1, 0.15) is 11.1 Å². The summed E-state index contributed by atoms with van der Waals surface area (Å²) in [5.41, 5.74) is 2.92. The van der Waals surface area contributed by atoms with E-state index in [-0.39, 0.29) is 18.3 Å². The van der Waals surface area contributed by atoms with Crippen molar-refractivity contribution < 1.29 is 14.1 Å². The number of amides is 1.